The maximum atomic E-state index is 11.1. The van der Waals surface area contributed by atoms with Crippen molar-refractivity contribution in [3.63, 3.8) is 0 Å². The lowest BCUT2D eigenvalue weighted by atomic mass is 9.89. The summed E-state index contributed by atoms with van der Waals surface area (Å²) in [7, 11) is 0. The van der Waals surface area contributed by atoms with Crippen LogP contribution in [0, 0.1) is 0 Å². The van der Waals surface area contributed by atoms with Gasteiger partial charge in [-0.3, -0.25) is 0 Å². The molecule has 5 nitrogen and oxygen atoms in total. The molecule has 106 valence electrons. The van der Waals surface area contributed by atoms with Crippen LogP contribution < -0.4 is 0 Å². The van der Waals surface area contributed by atoms with Crippen LogP contribution in [0.5, 0.6) is 0 Å². The van der Waals surface area contributed by atoms with E-state index in [0.29, 0.717) is 0 Å². The van der Waals surface area contributed by atoms with E-state index in [1.807, 2.05) is 0 Å². The van der Waals surface area contributed by atoms with Crippen LogP contribution in [-0.4, -0.2) is 31.8 Å². The van der Waals surface area contributed by atoms with Crippen LogP contribution in [-0.2, 0) is 6.42 Å². The normalized spacial score (nSPS) is 21.9. The van der Waals surface area contributed by atoms with Gasteiger partial charge in [0, 0.05) is 12.5 Å². The zero-order chi connectivity index (χ0) is 14.3. The first-order valence-electron chi connectivity index (χ1n) is 7.02. The molecule has 0 aliphatic heterocycles. The van der Waals surface area contributed by atoms with Crippen LogP contribution >= 0.6 is 0 Å². The molecule has 3 rings (SSSR count). The fourth-order valence-electron chi connectivity index (χ4n) is 2.85. The van der Waals surface area contributed by atoms with Crippen molar-refractivity contribution in [1.82, 2.24) is 9.55 Å². The third kappa shape index (κ3) is 2.08. The molecule has 20 heavy (non-hydrogen) atoms. The molecule has 0 saturated heterocycles. The average Bonchev–Trinajstić information content (AvgIpc) is 2.72. The highest BCUT2D eigenvalue weighted by atomic mass is 16.4. The van der Waals surface area contributed by atoms with Crippen molar-refractivity contribution in [2.45, 2.75) is 44.8 Å². The van der Waals surface area contributed by atoms with E-state index < -0.39 is 5.97 Å². The fourth-order valence-corrected chi connectivity index (χ4v) is 2.85. The molecule has 1 aliphatic carbocycles. The molecule has 0 radical (unpaired) electrons. The highest BCUT2D eigenvalue weighted by Gasteiger charge is 2.31. The summed E-state index contributed by atoms with van der Waals surface area (Å²) in [4.78, 5) is 15.7. The number of aryl methyl sites for hydroxylation is 1. The molecule has 5 heteroatoms. The van der Waals surface area contributed by atoms with Crippen molar-refractivity contribution in [3.05, 3.63) is 29.6 Å². The molecule has 1 saturated carbocycles. The summed E-state index contributed by atoms with van der Waals surface area (Å²) in [6.45, 7) is 2.10. The van der Waals surface area contributed by atoms with Gasteiger partial charge < -0.3 is 14.8 Å². The lowest BCUT2D eigenvalue weighted by Gasteiger charge is -2.34. The minimum atomic E-state index is -0.926. The number of carboxylic acids is 1. The third-order valence-electron chi connectivity index (χ3n) is 3.94. The number of carboxylic acid groups (broad SMARTS) is 1. The predicted molar refractivity (Wildman–Crippen MR) is 75.0 cm³/mol. The number of aromatic nitrogens is 2. The van der Waals surface area contributed by atoms with E-state index >= 15 is 0 Å². The van der Waals surface area contributed by atoms with Crippen molar-refractivity contribution >= 4 is 17.0 Å². The van der Waals surface area contributed by atoms with Gasteiger partial charge in [-0.15, -0.1) is 0 Å². The molecule has 0 amide bonds. The molecule has 1 fully saturated rings. The van der Waals surface area contributed by atoms with Crippen molar-refractivity contribution in [2.75, 3.05) is 0 Å². The molecule has 2 N–H and O–H groups in total. The summed E-state index contributed by atoms with van der Waals surface area (Å²) in [5.41, 5.74) is 1.98. The molecule has 1 aliphatic rings. The SMILES string of the molecule is CCCc1nc2ccc(C(=O)O)cc2n1C1CC(O)C1. The Labute approximate surface area is 116 Å². The van der Waals surface area contributed by atoms with Crippen molar-refractivity contribution in [2.24, 2.45) is 0 Å². The molecule has 1 heterocycles. The van der Waals surface area contributed by atoms with Crippen LogP contribution in [0.15, 0.2) is 18.2 Å². The molecular formula is C15H18N2O3. The Hall–Kier alpha value is -1.88. The lowest BCUT2D eigenvalue weighted by molar-refractivity contribution is 0.0490. The van der Waals surface area contributed by atoms with Crippen molar-refractivity contribution in [3.8, 4) is 0 Å². The number of imidazole rings is 1. The number of hydrogen-bond donors (Lipinski definition) is 2. The Bertz CT molecular complexity index is 656. The Morgan fingerprint density at radius 3 is 2.80 bits per heavy atom. The summed E-state index contributed by atoms with van der Waals surface area (Å²) >= 11 is 0. The number of aromatic carboxylic acids is 1. The minimum Gasteiger partial charge on any atom is -0.478 e. The van der Waals surface area contributed by atoms with Gasteiger partial charge in [-0.1, -0.05) is 6.92 Å². The summed E-state index contributed by atoms with van der Waals surface area (Å²) in [6.07, 6.45) is 3.06. The second-order valence-electron chi connectivity index (χ2n) is 5.44. The number of rotatable bonds is 4. The zero-order valence-corrected chi connectivity index (χ0v) is 11.4. The fraction of sp³-hybridized carbons (Fsp3) is 0.467. The van der Waals surface area contributed by atoms with Gasteiger partial charge in [-0.2, -0.15) is 0 Å². The molecule has 1 aromatic heterocycles. The van der Waals surface area contributed by atoms with E-state index in [-0.39, 0.29) is 17.7 Å². The lowest BCUT2D eigenvalue weighted by Crippen LogP contribution is -2.31. The second-order valence-corrected chi connectivity index (χ2v) is 5.44. The second kappa shape index (κ2) is 4.90. The number of aliphatic hydroxyl groups excluding tert-OH is 1. The first-order chi connectivity index (χ1) is 9.60. The molecule has 0 bridgehead atoms. The first-order valence-corrected chi connectivity index (χ1v) is 7.02. The number of hydrogen-bond acceptors (Lipinski definition) is 3. The maximum Gasteiger partial charge on any atom is 0.335 e. The highest BCUT2D eigenvalue weighted by Crippen LogP contribution is 2.36. The van der Waals surface area contributed by atoms with E-state index in [0.717, 1.165) is 42.5 Å². The summed E-state index contributed by atoms with van der Waals surface area (Å²) < 4.78 is 2.12. The summed E-state index contributed by atoms with van der Waals surface area (Å²) in [6, 6.07) is 5.28. The van der Waals surface area contributed by atoms with Gasteiger partial charge in [0.2, 0.25) is 0 Å². The van der Waals surface area contributed by atoms with Crippen LogP contribution in [0.25, 0.3) is 11.0 Å². The van der Waals surface area contributed by atoms with Gasteiger partial charge >= 0.3 is 5.97 Å². The van der Waals surface area contributed by atoms with E-state index in [2.05, 4.69) is 16.5 Å². The smallest absolute Gasteiger partial charge is 0.335 e. The van der Waals surface area contributed by atoms with E-state index in [1.165, 1.54) is 0 Å². The van der Waals surface area contributed by atoms with Gasteiger partial charge in [0.1, 0.15) is 5.82 Å². The third-order valence-corrected chi connectivity index (χ3v) is 3.94. The zero-order valence-electron chi connectivity index (χ0n) is 11.4. The number of carbonyl (C=O) groups is 1. The quantitative estimate of drug-likeness (QED) is 0.897. The van der Waals surface area contributed by atoms with Crippen LogP contribution in [0.3, 0.4) is 0 Å². The highest BCUT2D eigenvalue weighted by molar-refractivity contribution is 5.92. The molecular weight excluding hydrogens is 256 g/mol. The van der Waals surface area contributed by atoms with Gasteiger partial charge in [0.05, 0.1) is 22.7 Å². The van der Waals surface area contributed by atoms with Gasteiger partial charge in [-0.05, 0) is 37.5 Å². The molecule has 0 atom stereocenters. The number of nitrogens with zero attached hydrogens (tertiary/aromatic N) is 2. The molecule has 2 aromatic rings. The summed E-state index contributed by atoms with van der Waals surface area (Å²) in [5, 5.41) is 18.7. The van der Waals surface area contributed by atoms with E-state index in [1.54, 1.807) is 18.2 Å². The van der Waals surface area contributed by atoms with Gasteiger partial charge in [-0.25, -0.2) is 9.78 Å². The van der Waals surface area contributed by atoms with Crippen molar-refractivity contribution in [1.29, 1.82) is 0 Å². The van der Waals surface area contributed by atoms with E-state index in [4.69, 9.17) is 5.11 Å². The van der Waals surface area contributed by atoms with Crippen LogP contribution in [0.2, 0.25) is 0 Å². The average molecular weight is 274 g/mol. The maximum absolute atomic E-state index is 11.1. The monoisotopic (exact) mass is 274 g/mol. The number of benzene rings is 1. The molecule has 0 spiro atoms. The Morgan fingerprint density at radius 2 is 2.20 bits per heavy atom. The minimum absolute atomic E-state index is 0.237. The Morgan fingerprint density at radius 1 is 1.45 bits per heavy atom. The largest absolute Gasteiger partial charge is 0.478 e. The predicted octanol–water partition coefficient (Wildman–Crippen LogP) is 2.38. The van der Waals surface area contributed by atoms with Crippen LogP contribution in [0.4, 0.5) is 0 Å². The Kier molecular flexibility index (Phi) is 3.22. The van der Waals surface area contributed by atoms with Gasteiger partial charge in [0.25, 0.3) is 0 Å². The number of fused-ring (bicyclic) bond motifs is 1. The molecule has 1 aromatic carbocycles. The first kappa shape index (κ1) is 13.1. The van der Waals surface area contributed by atoms with Gasteiger partial charge in [0.15, 0.2) is 0 Å². The number of aliphatic hydroxyl groups is 1. The van der Waals surface area contributed by atoms with Crippen molar-refractivity contribution < 1.29 is 15.0 Å². The van der Waals surface area contributed by atoms with Crippen LogP contribution in [0.1, 0.15) is 48.4 Å². The Balaban J connectivity index is 2.12. The molecule has 0 unspecified atom stereocenters. The van der Waals surface area contributed by atoms with E-state index in [9.17, 15) is 9.90 Å². The topological polar surface area (TPSA) is 75.3 Å². The standard InChI is InChI=1S/C15H18N2O3/c1-2-3-14-16-12-5-4-9(15(19)20)6-13(12)17(14)10-7-11(18)8-10/h4-6,10-11,18H,2-3,7-8H2,1H3,(H,19,20). The summed E-state index contributed by atoms with van der Waals surface area (Å²) in [5.74, 6) is 0.0623.